The Morgan fingerprint density at radius 2 is 2.00 bits per heavy atom. The third-order valence-electron chi connectivity index (χ3n) is 2.58. The minimum Gasteiger partial charge on any atom is -0.391 e. The maximum Gasteiger partial charge on any atom is 0.271 e. The lowest BCUT2D eigenvalue weighted by Gasteiger charge is -2.08. The monoisotopic (exact) mass is 351 g/mol. The quantitative estimate of drug-likeness (QED) is 0.883. The van der Waals surface area contributed by atoms with E-state index >= 15 is 0 Å². The van der Waals surface area contributed by atoms with Crippen LogP contribution in [0, 0.1) is 6.92 Å². The molecule has 1 aromatic heterocycles. The van der Waals surface area contributed by atoms with E-state index in [4.69, 9.17) is 28.3 Å². The first kappa shape index (κ1) is 15.6. The van der Waals surface area contributed by atoms with Gasteiger partial charge in [-0.15, -0.1) is 11.3 Å². The second-order valence-corrected chi connectivity index (χ2v) is 7.95. The molecule has 0 radical (unpaired) electrons. The molecule has 4 nitrogen and oxygen atoms in total. The third-order valence-corrected chi connectivity index (χ3v) is 6.20. The minimum absolute atomic E-state index is 0.120. The number of benzene rings is 1. The molecule has 0 saturated heterocycles. The van der Waals surface area contributed by atoms with Crippen LogP contribution in [0.2, 0.25) is 10.0 Å². The Bertz CT molecular complexity index is 741. The molecule has 108 valence electrons. The standard InChI is InChI=1S/C12H11Cl2NO3S2/c1-7-4-12(19-11(7)6-16)20(17,18)15-10-5-8(13)2-3-9(10)14/h2-5,15-16H,6H2,1H3. The lowest BCUT2D eigenvalue weighted by Crippen LogP contribution is -2.11. The van der Waals surface area contributed by atoms with Gasteiger partial charge in [-0.05, 0) is 36.8 Å². The molecular weight excluding hydrogens is 341 g/mol. The first-order chi connectivity index (χ1) is 9.33. The SMILES string of the molecule is Cc1cc(S(=O)(=O)Nc2cc(Cl)ccc2Cl)sc1CO. The van der Waals surface area contributed by atoms with Crippen molar-refractivity contribution in [2.24, 2.45) is 0 Å². The van der Waals surface area contributed by atoms with E-state index in [1.54, 1.807) is 13.0 Å². The lowest BCUT2D eigenvalue weighted by molar-refractivity contribution is 0.285. The summed E-state index contributed by atoms with van der Waals surface area (Å²) < 4.78 is 27.0. The zero-order valence-corrected chi connectivity index (χ0v) is 13.5. The fraction of sp³-hybridized carbons (Fsp3) is 0.167. The van der Waals surface area contributed by atoms with Gasteiger partial charge in [0, 0.05) is 9.90 Å². The molecule has 2 rings (SSSR count). The van der Waals surface area contributed by atoms with Gasteiger partial charge in [0.05, 0.1) is 17.3 Å². The van der Waals surface area contributed by atoms with Crippen LogP contribution in [0.15, 0.2) is 28.5 Å². The number of sulfonamides is 1. The van der Waals surface area contributed by atoms with E-state index in [2.05, 4.69) is 4.72 Å². The Labute approximate surface area is 131 Å². The summed E-state index contributed by atoms with van der Waals surface area (Å²) in [7, 11) is -3.75. The fourth-order valence-electron chi connectivity index (χ4n) is 1.55. The molecule has 0 aliphatic heterocycles. The summed E-state index contributed by atoms with van der Waals surface area (Å²) in [4.78, 5) is 0.613. The van der Waals surface area contributed by atoms with Crippen LogP contribution in [-0.4, -0.2) is 13.5 Å². The number of rotatable bonds is 4. The molecule has 0 bridgehead atoms. The molecular formula is C12H11Cl2NO3S2. The summed E-state index contributed by atoms with van der Waals surface area (Å²) in [6, 6.07) is 6.03. The maximum atomic E-state index is 12.3. The predicted octanol–water partition coefficient (Wildman–Crippen LogP) is 3.66. The second-order valence-electron chi connectivity index (χ2n) is 4.06. The van der Waals surface area contributed by atoms with Gasteiger partial charge in [-0.2, -0.15) is 0 Å². The average molecular weight is 352 g/mol. The number of thiophene rings is 1. The number of aryl methyl sites for hydroxylation is 1. The highest BCUT2D eigenvalue weighted by Crippen LogP contribution is 2.31. The molecule has 0 aliphatic carbocycles. The molecule has 0 spiro atoms. The van der Waals surface area contributed by atoms with E-state index in [9.17, 15) is 8.42 Å². The van der Waals surface area contributed by atoms with Crippen molar-refractivity contribution >= 4 is 50.2 Å². The molecule has 2 aromatic rings. The Morgan fingerprint density at radius 3 is 2.60 bits per heavy atom. The van der Waals surface area contributed by atoms with Crippen molar-refractivity contribution in [3.63, 3.8) is 0 Å². The van der Waals surface area contributed by atoms with Gasteiger partial charge in [-0.1, -0.05) is 23.2 Å². The van der Waals surface area contributed by atoms with Crippen molar-refractivity contribution < 1.29 is 13.5 Å². The van der Waals surface area contributed by atoms with E-state index in [1.165, 1.54) is 18.2 Å². The van der Waals surface area contributed by atoms with Crippen LogP contribution < -0.4 is 4.72 Å². The molecule has 0 amide bonds. The first-order valence-electron chi connectivity index (χ1n) is 5.51. The Kier molecular flexibility index (Phi) is 4.61. The number of hydrogen-bond acceptors (Lipinski definition) is 4. The molecule has 1 heterocycles. The van der Waals surface area contributed by atoms with Gasteiger partial charge < -0.3 is 5.11 Å². The predicted molar refractivity (Wildman–Crippen MR) is 82.2 cm³/mol. The first-order valence-corrected chi connectivity index (χ1v) is 8.57. The van der Waals surface area contributed by atoms with Crippen molar-refractivity contribution in [1.82, 2.24) is 0 Å². The number of halogens is 2. The zero-order chi connectivity index (χ0) is 14.9. The Balaban J connectivity index is 2.37. The normalized spacial score (nSPS) is 11.6. The fourth-order valence-corrected chi connectivity index (χ4v) is 4.46. The number of aliphatic hydroxyl groups excluding tert-OH is 1. The van der Waals surface area contributed by atoms with Crippen molar-refractivity contribution in [3.05, 3.63) is 44.8 Å². The van der Waals surface area contributed by atoms with Crippen molar-refractivity contribution in [2.75, 3.05) is 4.72 Å². The second kappa shape index (κ2) is 5.91. The van der Waals surface area contributed by atoms with Crippen LogP contribution in [0.25, 0.3) is 0 Å². The van der Waals surface area contributed by atoms with E-state index < -0.39 is 10.0 Å². The summed E-state index contributed by atoms with van der Waals surface area (Å²) >= 11 is 12.8. The number of nitrogens with one attached hydrogen (secondary N) is 1. The van der Waals surface area contributed by atoms with Crippen LogP contribution >= 0.6 is 34.5 Å². The number of aliphatic hydroxyl groups is 1. The molecule has 0 atom stereocenters. The van der Waals surface area contributed by atoms with Gasteiger partial charge in [-0.25, -0.2) is 8.42 Å². The molecule has 20 heavy (non-hydrogen) atoms. The van der Waals surface area contributed by atoms with E-state index in [1.807, 2.05) is 0 Å². The summed E-state index contributed by atoms with van der Waals surface area (Å²) in [6.07, 6.45) is 0. The highest BCUT2D eigenvalue weighted by atomic mass is 35.5. The van der Waals surface area contributed by atoms with Crippen molar-refractivity contribution in [3.8, 4) is 0 Å². The molecule has 1 aromatic carbocycles. The highest BCUT2D eigenvalue weighted by molar-refractivity contribution is 7.94. The van der Waals surface area contributed by atoms with Gasteiger partial charge in [0.15, 0.2) is 0 Å². The van der Waals surface area contributed by atoms with E-state index in [0.717, 1.165) is 16.9 Å². The Hall–Kier alpha value is -0.790. The largest absolute Gasteiger partial charge is 0.391 e. The smallest absolute Gasteiger partial charge is 0.271 e. The summed E-state index contributed by atoms with van der Waals surface area (Å²) in [5, 5.41) is 9.76. The van der Waals surface area contributed by atoms with Crippen LogP contribution in [0.5, 0.6) is 0 Å². The molecule has 0 aliphatic rings. The van der Waals surface area contributed by atoms with Gasteiger partial charge in [0.25, 0.3) is 10.0 Å². The molecule has 0 unspecified atom stereocenters. The topological polar surface area (TPSA) is 66.4 Å². The summed E-state index contributed by atoms with van der Waals surface area (Å²) in [6.45, 7) is 1.55. The summed E-state index contributed by atoms with van der Waals surface area (Å²) in [5.74, 6) is 0. The van der Waals surface area contributed by atoms with Crippen LogP contribution in [0.3, 0.4) is 0 Å². The van der Waals surface area contributed by atoms with E-state index in [0.29, 0.717) is 9.90 Å². The van der Waals surface area contributed by atoms with Crippen LogP contribution in [0.4, 0.5) is 5.69 Å². The summed E-state index contributed by atoms with van der Waals surface area (Å²) in [5.41, 5.74) is 0.950. The highest BCUT2D eigenvalue weighted by Gasteiger charge is 2.20. The van der Waals surface area contributed by atoms with Crippen LogP contribution in [-0.2, 0) is 16.6 Å². The Morgan fingerprint density at radius 1 is 1.30 bits per heavy atom. The van der Waals surface area contributed by atoms with Crippen molar-refractivity contribution in [1.29, 1.82) is 0 Å². The molecule has 2 N–H and O–H groups in total. The maximum absolute atomic E-state index is 12.3. The molecule has 8 heteroatoms. The van der Waals surface area contributed by atoms with Crippen molar-refractivity contribution in [2.45, 2.75) is 17.7 Å². The van der Waals surface area contributed by atoms with Gasteiger partial charge in [0.2, 0.25) is 0 Å². The number of anilines is 1. The molecule has 0 saturated carbocycles. The zero-order valence-electron chi connectivity index (χ0n) is 10.4. The van der Waals surface area contributed by atoms with E-state index in [-0.39, 0.29) is 21.5 Å². The van der Waals surface area contributed by atoms with Crippen LogP contribution in [0.1, 0.15) is 10.4 Å². The lowest BCUT2D eigenvalue weighted by atomic mass is 10.3. The number of hydrogen-bond donors (Lipinski definition) is 2. The third kappa shape index (κ3) is 3.27. The molecule has 0 fully saturated rings. The van der Waals surface area contributed by atoms with Gasteiger partial charge >= 0.3 is 0 Å². The minimum atomic E-state index is -3.75. The van der Waals surface area contributed by atoms with Gasteiger partial charge in [-0.3, -0.25) is 4.72 Å². The average Bonchev–Trinajstić information content (AvgIpc) is 2.76. The van der Waals surface area contributed by atoms with Gasteiger partial charge in [0.1, 0.15) is 4.21 Å².